The van der Waals surface area contributed by atoms with Crippen LogP contribution >= 0.6 is 0 Å². The maximum absolute atomic E-state index is 12.7. The molecule has 1 amide bonds. The van der Waals surface area contributed by atoms with E-state index in [1.54, 1.807) is 31.4 Å². The molecule has 3 aromatic rings. The first-order valence-corrected chi connectivity index (χ1v) is 9.37. The van der Waals surface area contributed by atoms with E-state index in [0.29, 0.717) is 26.1 Å². The molecule has 0 aromatic heterocycles. The van der Waals surface area contributed by atoms with E-state index >= 15 is 0 Å². The van der Waals surface area contributed by atoms with Crippen LogP contribution in [0.15, 0.2) is 60.7 Å². The molecule has 0 bridgehead atoms. The van der Waals surface area contributed by atoms with Crippen molar-refractivity contribution < 1.29 is 19.4 Å². The van der Waals surface area contributed by atoms with Gasteiger partial charge in [0.25, 0.3) is 0 Å². The SMILES string of the molecule is COc1ccc2cc([C@@H]3CN(C(=O)Cc4ccc(O)cc4)CCO3)ccc2c1. The van der Waals surface area contributed by atoms with Gasteiger partial charge >= 0.3 is 0 Å². The number of hydrogen-bond acceptors (Lipinski definition) is 4. The average molecular weight is 377 g/mol. The van der Waals surface area contributed by atoms with Crippen LogP contribution in [0.3, 0.4) is 0 Å². The van der Waals surface area contributed by atoms with Crippen LogP contribution in [0.2, 0.25) is 0 Å². The molecule has 1 heterocycles. The Hall–Kier alpha value is -3.05. The zero-order valence-electron chi connectivity index (χ0n) is 15.8. The molecule has 1 aliphatic rings. The van der Waals surface area contributed by atoms with Crippen molar-refractivity contribution in [3.05, 3.63) is 71.8 Å². The normalized spacial score (nSPS) is 16.9. The minimum absolute atomic E-state index is 0.0736. The van der Waals surface area contributed by atoms with Crippen molar-refractivity contribution in [2.24, 2.45) is 0 Å². The number of aromatic hydroxyl groups is 1. The summed E-state index contributed by atoms with van der Waals surface area (Å²) < 4.78 is 11.2. The van der Waals surface area contributed by atoms with Gasteiger partial charge in [-0.3, -0.25) is 4.79 Å². The molecule has 1 fully saturated rings. The second-order valence-electron chi connectivity index (χ2n) is 7.01. The number of phenols is 1. The van der Waals surface area contributed by atoms with Gasteiger partial charge in [-0.1, -0.05) is 30.3 Å². The molecule has 0 unspecified atom stereocenters. The number of morpholine rings is 1. The maximum Gasteiger partial charge on any atom is 0.227 e. The first-order chi connectivity index (χ1) is 13.6. The number of rotatable bonds is 4. The summed E-state index contributed by atoms with van der Waals surface area (Å²) in [5.74, 6) is 1.11. The Bertz CT molecular complexity index is 984. The second kappa shape index (κ2) is 7.90. The zero-order valence-corrected chi connectivity index (χ0v) is 15.8. The third-order valence-electron chi connectivity index (χ3n) is 5.15. The number of benzene rings is 3. The zero-order chi connectivity index (χ0) is 19.5. The third kappa shape index (κ3) is 3.94. The summed E-state index contributed by atoms with van der Waals surface area (Å²) in [4.78, 5) is 14.6. The Morgan fingerprint density at radius 3 is 2.64 bits per heavy atom. The Labute approximate surface area is 164 Å². The number of carbonyl (C=O) groups excluding carboxylic acids is 1. The number of hydrogen-bond donors (Lipinski definition) is 1. The number of methoxy groups -OCH3 is 1. The smallest absolute Gasteiger partial charge is 0.227 e. The van der Waals surface area contributed by atoms with E-state index in [1.807, 2.05) is 23.1 Å². The summed E-state index contributed by atoms with van der Waals surface area (Å²) in [6.45, 7) is 1.66. The second-order valence-corrected chi connectivity index (χ2v) is 7.01. The predicted octanol–water partition coefficient (Wildman–Crippen LogP) is 3.70. The van der Waals surface area contributed by atoms with Crippen LogP contribution in [0.1, 0.15) is 17.2 Å². The highest BCUT2D eigenvalue weighted by atomic mass is 16.5. The van der Waals surface area contributed by atoms with E-state index in [0.717, 1.165) is 27.6 Å². The molecule has 5 heteroatoms. The van der Waals surface area contributed by atoms with Crippen LogP contribution in [0, 0.1) is 0 Å². The summed E-state index contributed by atoms with van der Waals surface area (Å²) in [5.41, 5.74) is 1.96. The molecule has 0 saturated carbocycles. The molecular formula is C23H23NO4. The number of phenolic OH excluding ortho intramolecular Hbond substituents is 1. The molecule has 1 saturated heterocycles. The van der Waals surface area contributed by atoms with Crippen molar-refractivity contribution in [2.75, 3.05) is 26.8 Å². The molecule has 0 spiro atoms. The highest BCUT2D eigenvalue weighted by Gasteiger charge is 2.25. The molecule has 28 heavy (non-hydrogen) atoms. The summed E-state index contributed by atoms with van der Waals surface area (Å²) in [6.07, 6.45) is 0.189. The Morgan fingerprint density at radius 1 is 1.11 bits per heavy atom. The van der Waals surface area contributed by atoms with Crippen molar-refractivity contribution in [1.29, 1.82) is 0 Å². The summed E-state index contributed by atoms with van der Waals surface area (Å²) in [7, 11) is 1.66. The standard InChI is InChI=1S/C23H23NO4/c1-27-21-9-6-17-13-19(5-4-18(17)14-21)22-15-24(10-11-28-22)23(26)12-16-2-7-20(25)8-3-16/h2-9,13-14,22,25H,10-12,15H2,1H3/t22-/m0/s1. The van der Waals surface area contributed by atoms with E-state index in [2.05, 4.69) is 18.2 Å². The molecule has 1 atom stereocenters. The van der Waals surface area contributed by atoms with E-state index < -0.39 is 0 Å². The van der Waals surface area contributed by atoms with Gasteiger partial charge in [-0.2, -0.15) is 0 Å². The van der Waals surface area contributed by atoms with Crippen LogP contribution in [0.4, 0.5) is 0 Å². The van der Waals surface area contributed by atoms with Gasteiger partial charge in [-0.05, 0) is 52.2 Å². The number of carbonyl (C=O) groups is 1. The van der Waals surface area contributed by atoms with Crippen LogP contribution in [0.5, 0.6) is 11.5 Å². The molecule has 3 aromatic carbocycles. The van der Waals surface area contributed by atoms with Gasteiger partial charge in [0.05, 0.1) is 26.7 Å². The predicted molar refractivity (Wildman–Crippen MR) is 108 cm³/mol. The Morgan fingerprint density at radius 2 is 1.86 bits per heavy atom. The fourth-order valence-electron chi connectivity index (χ4n) is 3.55. The Kier molecular flexibility index (Phi) is 5.17. The van der Waals surface area contributed by atoms with E-state index in [9.17, 15) is 9.90 Å². The summed E-state index contributed by atoms with van der Waals surface area (Å²) in [5, 5.41) is 11.6. The molecule has 1 N–H and O–H groups in total. The minimum atomic E-state index is -0.135. The molecular weight excluding hydrogens is 354 g/mol. The van der Waals surface area contributed by atoms with Crippen LogP contribution in [0.25, 0.3) is 10.8 Å². The van der Waals surface area contributed by atoms with Crippen LogP contribution < -0.4 is 4.74 Å². The van der Waals surface area contributed by atoms with Gasteiger partial charge < -0.3 is 19.5 Å². The van der Waals surface area contributed by atoms with Gasteiger partial charge in [-0.15, -0.1) is 0 Å². The summed E-state index contributed by atoms with van der Waals surface area (Å²) >= 11 is 0. The number of ether oxygens (including phenoxy) is 2. The lowest BCUT2D eigenvalue weighted by atomic mass is 10.0. The first kappa shape index (κ1) is 18.3. The Balaban J connectivity index is 1.47. The minimum Gasteiger partial charge on any atom is -0.508 e. The van der Waals surface area contributed by atoms with Crippen molar-refractivity contribution in [3.63, 3.8) is 0 Å². The largest absolute Gasteiger partial charge is 0.508 e. The number of fused-ring (bicyclic) bond motifs is 1. The van der Waals surface area contributed by atoms with Crippen LogP contribution in [-0.4, -0.2) is 42.7 Å². The lowest BCUT2D eigenvalue weighted by Gasteiger charge is -2.33. The lowest BCUT2D eigenvalue weighted by molar-refractivity contribution is -0.138. The van der Waals surface area contributed by atoms with E-state index in [4.69, 9.17) is 9.47 Å². The monoisotopic (exact) mass is 377 g/mol. The molecule has 1 aliphatic heterocycles. The molecule has 0 radical (unpaired) electrons. The van der Waals surface area contributed by atoms with E-state index in [1.165, 1.54) is 0 Å². The van der Waals surface area contributed by atoms with Crippen LogP contribution in [-0.2, 0) is 16.0 Å². The molecule has 0 aliphatic carbocycles. The average Bonchev–Trinajstić information content (AvgIpc) is 2.74. The van der Waals surface area contributed by atoms with Crippen molar-refractivity contribution in [3.8, 4) is 11.5 Å². The maximum atomic E-state index is 12.7. The fraction of sp³-hybridized carbons (Fsp3) is 0.261. The lowest BCUT2D eigenvalue weighted by Crippen LogP contribution is -2.42. The number of amides is 1. The highest BCUT2D eigenvalue weighted by molar-refractivity contribution is 5.84. The molecule has 5 nitrogen and oxygen atoms in total. The van der Waals surface area contributed by atoms with Gasteiger partial charge in [-0.25, -0.2) is 0 Å². The van der Waals surface area contributed by atoms with Crippen molar-refractivity contribution in [1.82, 2.24) is 4.90 Å². The fourth-order valence-corrected chi connectivity index (χ4v) is 3.55. The molecule has 144 valence electrons. The first-order valence-electron chi connectivity index (χ1n) is 9.37. The van der Waals surface area contributed by atoms with Gasteiger partial charge in [0.1, 0.15) is 17.6 Å². The van der Waals surface area contributed by atoms with Gasteiger partial charge in [0, 0.05) is 6.54 Å². The quantitative estimate of drug-likeness (QED) is 0.753. The highest BCUT2D eigenvalue weighted by Crippen LogP contribution is 2.28. The molecule has 4 rings (SSSR count). The topological polar surface area (TPSA) is 59.0 Å². The van der Waals surface area contributed by atoms with Crippen molar-refractivity contribution in [2.45, 2.75) is 12.5 Å². The van der Waals surface area contributed by atoms with Gasteiger partial charge in [0.2, 0.25) is 5.91 Å². The number of nitrogens with zero attached hydrogens (tertiary/aromatic N) is 1. The third-order valence-corrected chi connectivity index (χ3v) is 5.15. The van der Waals surface area contributed by atoms with E-state index in [-0.39, 0.29) is 17.8 Å². The summed E-state index contributed by atoms with van der Waals surface area (Å²) in [6, 6.07) is 19.0. The van der Waals surface area contributed by atoms with Crippen molar-refractivity contribution >= 4 is 16.7 Å². The van der Waals surface area contributed by atoms with Gasteiger partial charge in [0.15, 0.2) is 0 Å².